The van der Waals surface area contributed by atoms with Gasteiger partial charge in [0.2, 0.25) is 5.91 Å². The van der Waals surface area contributed by atoms with E-state index in [4.69, 9.17) is 11.6 Å². The molecule has 1 unspecified atom stereocenters. The number of hydrogen-bond donors (Lipinski definition) is 2. The summed E-state index contributed by atoms with van der Waals surface area (Å²) in [6.07, 6.45) is 3.41. The van der Waals surface area contributed by atoms with Gasteiger partial charge in [0.05, 0.1) is 5.75 Å². The molecule has 0 saturated carbocycles. The van der Waals surface area contributed by atoms with Gasteiger partial charge in [-0.1, -0.05) is 11.8 Å². The zero-order chi connectivity index (χ0) is 11.3. The smallest absolute Gasteiger partial charge is 0.233 e. The summed E-state index contributed by atoms with van der Waals surface area (Å²) in [6.45, 7) is 2.95. The lowest BCUT2D eigenvalue weighted by Gasteiger charge is -2.33. The van der Waals surface area contributed by atoms with Gasteiger partial charge in [0.1, 0.15) is 0 Å². The Labute approximate surface area is 94.2 Å². The Morgan fingerprint density at radius 3 is 2.93 bits per heavy atom. The van der Waals surface area contributed by atoms with E-state index in [1.165, 1.54) is 18.2 Å². The summed E-state index contributed by atoms with van der Waals surface area (Å²) in [5, 5.41) is 3.57. The van der Waals surface area contributed by atoms with Crippen LogP contribution in [0.15, 0.2) is 5.10 Å². The molecule has 5 nitrogen and oxygen atoms in total. The van der Waals surface area contributed by atoms with Gasteiger partial charge in [0, 0.05) is 12.6 Å². The van der Waals surface area contributed by atoms with E-state index in [0.717, 1.165) is 19.4 Å². The quantitative estimate of drug-likeness (QED) is 0.309. The van der Waals surface area contributed by atoms with Crippen molar-refractivity contribution in [1.82, 2.24) is 4.90 Å². The topological polar surface area (TPSA) is 84.7 Å². The van der Waals surface area contributed by atoms with Crippen molar-refractivity contribution in [2.75, 3.05) is 12.3 Å². The third-order valence-electron chi connectivity index (χ3n) is 2.59. The molecular weight excluding hydrogens is 212 g/mol. The maximum Gasteiger partial charge on any atom is 0.233 e. The average Bonchev–Trinajstić information content (AvgIpc) is 2.26. The summed E-state index contributed by atoms with van der Waals surface area (Å²) in [4.78, 5) is 13.7. The highest BCUT2D eigenvalue weighted by atomic mass is 32.2. The van der Waals surface area contributed by atoms with Crippen LogP contribution in [0.4, 0.5) is 0 Å². The molecule has 0 aliphatic carbocycles. The number of hydrazone groups is 1. The van der Waals surface area contributed by atoms with Crippen LogP contribution in [0.3, 0.4) is 0 Å². The molecule has 0 bridgehead atoms. The maximum absolute atomic E-state index is 11.8. The summed E-state index contributed by atoms with van der Waals surface area (Å²) >= 11 is 1.19. The van der Waals surface area contributed by atoms with E-state index in [1.54, 1.807) is 0 Å². The third-order valence-corrected chi connectivity index (χ3v) is 3.39. The van der Waals surface area contributed by atoms with Gasteiger partial charge in [-0.15, -0.1) is 0 Å². The lowest BCUT2D eigenvalue weighted by molar-refractivity contribution is -0.131. The largest absolute Gasteiger partial charge is 0.377 e. The van der Waals surface area contributed by atoms with Crippen molar-refractivity contribution in [1.29, 1.82) is 0 Å². The molecule has 1 saturated heterocycles. The van der Waals surface area contributed by atoms with Gasteiger partial charge >= 0.3 is 0 Å². The van der Waals surface area contributed by atoms with Gasteiger partial charge < -0.3 is 16.5 Å². The van der Waals surface area contributed by atoms with Crippen LogP contribution in [0.5, 0.6) is 0 Å². The third kappa shape index (κ3) is 3.62. The number of piperidine rings is 1. The molecule has 0 aromatic carbocycles. The number of thioether (sulfide) groups is 1. The second kappa shape index (κ2) is 5.85. The molecule has 1 amide bonds. The number of nitrogens with two attached hydrogens (primary N) is 2. The lowest BCUT2D eigenvalue weighted by atomic mass is 10.0. The molecule has 15 heavy (non-hydrogen) atoms. The molecule has 1 aliphatic rings. The molecule has 0 radical (unpaired) electrons. The van der Waals surface area contributed by atoms with Crippen LogP contribution in [0.1, 0.15) is 26.2 Å². The molecule has 1 heterocycles. The number of carbonyl (C=O) groups excluding carboxylic acids is 1. The molecule has 86 valence electrons. The van der Waals surface area contributed by atoms with Crippen molar-refractivity contribution in [2.45, 2.75) is 32.2 Å². The van der Waals surface area contributed by atoms with E-state index in [2.05, 4.69) is 12.0 Å². The summed E-state index contributed by atoms with van der Waals surface area (Å²) in [5.74, 6) is 5.44. The van der Waals surface area contributed by atoms with Gasteiger partial charge in [0.15, 0.2) is 5.17 Å². The SMILES string of the molecule is CC1CCCCN1C(=O)CSC(N)=NN. The molecule has 1 fully saturated rings. The zero-order valence-electron chi connectivity index (χ0n) is 8.98. The monoisotopic (exact) mass is 230 g/mol. The van der Waals surface area contributed by atoms with Gasteiger partial charge in [0.25, 0.3) is 0 Å². The summed E-state index contributed by atoms with van der Waals surface area (Å²) in [6, 6.07) is 0.350. The molecule has 0 spiro atoms. The fraction of sp³-hybridized carbons (Fsp3) is 0.778. The van der Waals surface area contributed by atoms with Crippen molar-refractivity contribution in [3.8, 4) is 0 Å². The van der Waals surface area contributed by atoms with Gasteiger partial charge in [-0.05, 0) is 26.2 Å². The zero-order valence-corrected chi connectivity index (χ0v) is 9.80. The molecule has 1 rings (SSSR count). The lowest BCUT2D eigenvalue weighted by Crippen LogP contribution is -2.43. The highest BCUT2D eigenvalue weighted by Crippen LogP contribution is 2.17. The maximum atomic E-state index is 11.8. The second-order valence-electron chi connectivity index (χ2n) is 3.69. The average molecular weight is 230 g/mol. The standard InChI is InChI=1S/C9H18N4OS/c1-7-4-2-3-5-13(7)8(14)6-15-9(10)12-11/h7H,2-6,11H2,1H3,(H2,10,12). The molecular formula is C9H18N4OS. The number of nitrogens with zero attached hydrogens (tertiary/aromatic N) is 2. The summed E-state index contributed by atoms with van der Waals surface area (Å²) < 4.78 is 0. The highest BCUT2D eigenvalue weighted by molar-refractivity contribution is 8.14. The van der Waals surface area contributed by atoms with E-state index in [9.17, 15) is 4.79 Å². The van der Waals surface area contributed by atoms with Crippen LogP contribution in [0, 0.1) is 0 Å². The summed E-state index contributed by atoms with van der Waals surface area (Å²) in [7, 11) is 0. The summed E-state index contributed by atoms with van der Waals surface area (Å²) in [5.41, 5.74) is 5.40. The Morgan fingerprint density at radius 2 is 2.33 bits per heavy atom. The van der Waals surface area contributed by atoms with Crippen molar-refractivity contribution < 1.29 is 4.79 Å². The van der Waals surface area contributed by atoms with Crippen LogP contribution in [0.25, 0.3) is 0 Å². The Kier molecular flexibility index (Phi) is 4.74. The van der Waals surface area contributed by atoms with Gasteiger partial charge in [-0.25, -0.2) is 0 Å². The second-order valence-corrected chi connectivity index (χ2v) is 4.68. The molecule has 1 atom stereocenters. The Balaban J connectivity index is 2.38. The Hall–Kier alpha value is -0.910. The molecule has 4 N–H and O–H groups in total. The van der Waals surface area contributed by atoms with Crippen LogP contribution in [-0.4, -0.2) is 34.3 Å². The fourth-order valence-electron chi connectivity index (χ4n) is 1.72. The van der Waals surface area contributed by atoms with E-state index in [-0.39, 0.29) is 11.1 Å². The number of carbonyl (C=O) groups is 1. The first-order chi connectivity index (χ1) is 7.15. The minimum atomic E-state index is 0.124. The van der Waals surface area contributed by atoms with Gasteiger partial charge in [-0.2, -0.15) is 5.10 Å². The normalized spacial score (nSPS) is 22.9. The first-order valence-electron chi connectivity index (χ1n) is 5.10. The van der Waals surface area contributed by atoms with Crippen molar-refractivity contribution in [3.63, 3.8) is 0 Å². The van der Waals surface area contributed by atoms with Crippen LogP contribution in [0.2, 0.25) is 0 Å². The van der Waals surface area contributed by atoms with Crippen molar-refractivity contribution in [2.24, 2.45) is 16.7 Å². The van der Waals surface area contributed by atoms with Crippen LogP contribution >= 0.6 is 11.8 Å². The molecule has 0 aromatic rings. The van der Waals surface area contributed by atoms with Crippen LogP contribution < -0.4 is 11.6 Å². The molecule has 0 aromatic heterocycles. The van der Waals surface area contributed by atoms with E-state index in [1.807, 2.05) is 4.90 Å². The Morgan fingerprint density at radius 1 is 1.60 bits per heavy atom. The van der Waals surface area contributed by atoms with Gasteiger partial charge in [-0.3, -0.25) is 4.79 Å². The van der Waals surface area contributed by atoms with Crippen molar-refractivity contribution >= 4 is 22.8 Å². The van der Waals surface area contributed by atoms with E-state index in [0.29, 0.717) is 11.8 Å². The number of rotatable bonds is 2. The number of likely N-dealkylation sites (tertiary alicyclic amines) is 1. The fourth-order valence-corrected chi connectivity index (χ4v) is 2.24. The predicted molar refractivity (Wildman–Crippen MR) is 63.3 cm³/mol. The molecule has 1 aliphatic heterocycles. The predicted octanol–water partition coefficient (Wildman–Crippen LogP) is 0.309. The highest BCUT2D eigenvalue weighted by Gasteiger charge is 2.22. The first-order valence-corrected chi connectivity index (χ1v) is 6.09. The minimum Gasteiger partial charge on any atom is -0.377 e. The van der Waals surface area contributed by atoms with E-state index >= 15 is 0 Å². The number of amidine groups is 1. The van der Waals surface area contributed by atoms with Crippen molar-refractivity contribution in [3.05, 3.63) is 0 Å². The van der Waals surface area contributed by atoms with Crippen LogP contribution in [-0.2, 0) is 4.79 Å². The first kappa shape index (κ1) is 12.2. The number of amides is 1. The Bertz CT molecular complexity index is 256. The van der Waals surface area contributed by atoms with E-state index < -0.39 is 0 Å². The number of hydrogen-bond acceptors (Lipinski definition) is 4. The molecule has 6 heteroatoms. The minimum absolute atomic E-state index is 0.124.